The molecule has 1 N–H and O–H groups in total. The fraction of sp³-hybridized carbons (Fsp3) is 0.217. The third-order valence-corrected chi connectivity index (χ3v) is 4.90. The number of halogens is 3. The summed E-state index contributed by atoms with van der Waals surface area (Å²) in [6.45, 7) is 2.96. The lowest BCUT2D eigenvalue weighted by Crippen LogP contribution is -2.11. The number of hydrogen-bond acceptors (Lipinski definition) is 6. The zero-order valence-corrected chi connectivity index (χ0v) is 17.4. The standard InChI is InChI=1S/C23H20F3N5O/c1-13(17-9-27-14(2)28-10-17)31-23-19-7-16(15-3-5-18(24)6-4-15)8-20(32-11-21(25)26)22(19)29-12-30-23/h3-10,12-13,21H,11H2,1-2H3,(H,29,30,31)/t13-/m1/s1. The van der Waals surface area contributed by atoms with E-state index in [0.717, 1.165) is 5.56 Å². The Kier molecular flexibility index (Phi) is 6.16. The molecule has 2 heterocycles. The molecule has 2 aromatic carbocycles. The van der Waals surface area contributed by atoms with Crippen molar-refractivity contribution in [2.75, 3.05) is 11.9 Å². The molecular weight excluding hydrogens is 419 g/mol. The molecule has 4 rings (SSSR count). The number of rotatable bonds is 7. The molecule has 4 aromatic rings. The summed E-state index contributed by atoms with van der Waals surface area (Å²) < 4.78 is 44.4. The molecule has 0 spiro atoms. The van der Waals surface area contributed by atoms with Gasteiger partial charge in [-0.05, 0) is 49.2 Å². The Morgan fingerprint density at radius 1 is 0.969 bits per heavy atom. The maximum absolute atomic E-state index is 13.4. The Morgan fingerprint density at radius 2 is 1.69 bits per heavy atom. The van der Waals surface area contributed by atoms with Gasteiger partial charge in [-0.2, -0.15) is 0 Å². The van der Waals surface area contributed by atoms with Crippen LogP contribution >= 0.6 is 0 Å². The van der Waals surface area contributed by atoms with Crippen LogP contribution in [0.15, 0.2) is 55.1 Å². The van der Waals surface area contributed by atoms with E-state index < -0.39 is 13.0 Å². The largest absolute Gasteiger partial charge is 0.485 e. The molecule has 1 atom stereocenters. The summed E-state index contributed by atoms with van der Waals surface area (Å²) in [5.74, 6) is 0.981. The quantitative estimate of drug-likeness (QED) is 0.418. The van der Waals surface area contributed by atoms with E-state index in [2.05, 4.69) is 25.3 Å². The zero-order chi connectivity index (χ0) is 22.7. The minimum atomic E-state index is -2.64. The maximum atomic E-state index is 13.4. The van der Waals surface area contributed by atoms with Crippen molar-refractivity contribution >= 4 is 16.7 Å². The van der Waals surface area contributed by atoms with Crippen LogP contribution in [0.5, 0.6) is 5.75 Å². The second-order valence-electron chi connectivity index (χ2n) is 7.23. The Balaban J connectivity index is 1.78. The van der Waals surface area contributed by atoms with E-state index in [1.165, 1.54) is 18.5 Å². The average Bonchev–Trinajstić information content (AvgIpc) is 2.78. The Labute approximate surface area is 182 Å². The molecule has 0 amide bonds. The Morgan fingerprint density at radius 3 is 2.38 bits per heavy atom. The molecule has 0 aliphatic heterocycles. The van der Waals surface area contributed by atoms with E-state index in [-0.39, 0.29) is 17.6 Å². The average molecular weight is 439 g/mol. The first-order chi connectivity index (χ1) is 15.4. The molecule has 32 heavy (non-hydrogen) atoms. The highest BCUT2D eigenvalue weighted by molar-refractivity contribution is 5.96. The van der Waals surface area contributed by atoms with E-state index >= 15 is 0 Å². The van der Waals surface area contributed by atoms with Crippen molar-refractivity contribution in [1.82, 2.24) is 19.9 Å². The summed E-state index contributed by atoms with van der Waals surface area (Å²) in [5, 5.41) is 3.89. The van der Waals surface area contributed by atoms with Gasteiger partial charge in [-0.15, -0.1) is 0 Å². The van der Waals surface area contributed by atoms with E-state index in [1.54, 1.807) is 37.5 Å². The third kappa shape index (κ3) is 4.77. The van der Waals surface area contributed by atoms with Gasteiger partial charge in [0.1, 0.15) is 41.7 Å². The van der Waals surface area contributed by atoms with Crippen molar-refractivity contribution in [3.05, 3.63) is 72.3 Å². The number of nitrogens with zero attached hydrogens (tertiary/aromatic N) is 4. The molecule has 164 valence electrons. The third-order valence-electron chi connectivity index (χ3n) is 4.90. The number of ether oxygens (including phenoxy) is 1. The van der Waals surface area contributed by atoms with E-state index in [0.29, 0.717) is 33.7 Å². The number of nitrogens with one attached hydrogen (secondary N) is 1. The van der Waals surface area contributed by atoms with Crippen LogP contribution in [0.4, 0.5) is 19.0 Å². The molecule has 0 unspecified atom stereocenters. The first kappa shape index (κ1) is 21.5. The monoisotopic (exact) mass is 439 g/mol. The number of fused-ring (bicyclic) bond motifs is 1. The lowest BCUT2D eigenvalue weighted by Gasteiger charge is -2.17. The lowest BCUT2D eigenvalue weighted by molar-refractivity contribution is 0.0826. The van der Waals surface area contributed by atoms with Crippen LogP contribution in [0, 0.1) is 12.7 Å². The highest BCUT2D eigenvalue weighted by Crippen LogP contribution is 2.35. The molecular formula is C23H20F3N5O. The highest BCUT2D eigenvalue weighted by Gasteiger charge is 2.16. The van der Waals surface area contributed by atoms with E-state index in [9.17, 15) is 13.2 Å². The lowest BCUT2D eigenvalue weighted by atomic mass is 10.0. The summed E-state index contributed by atoms with van der Waals surface area (Å²) >= 11 is 0. The molecule has 6 nitrogen and oxygen atoms in total. The van der Waals surface area contributed by atoms with Crippen molar-refractivity contribution in [3.8, 4) is 16.9 Å². The smallest absolute Gasteiger partial charge is 0.272 e. The molecule has 0 fully saturated rings. The minimum Gasteiger partial charge on any atom is -0.485 e. The molecule has 0 aliphatic carbocycles. The van der Waals surface area contributed by atoms with Crippen LogP contribution in [0.2, 0.25) is 0 Å². The molecule has 2 aromatic heterocycles. The fourth-order valence-corrected chi connectivity index (χ4v) is 3.24. The van der Waals surface area contributed by atoms with Crippen LogP contribution in [-0.2, 0) is 0 Å². The molecule has 0 saturated heterocycles. The van der Waals surface area contributed by atoms with Gasteiger partial charge >= 0.3 is 0 Å². The Hall–Kier alpha value is -3.75. The van der Waals surface area contributed by atoms with Gasteiger partial charge in [0.2, 0.25) is 0 Å². The molecule has 0 radical (unpaired) electrons. The first-order valence-electron chi connectivity index (χ1n) is 9.91. The van der Waals surface area contributed by atoms with Crippen molar-refractivity contribution in [3.63, 3.8) is 0 Å². The van der Waals surface area contributed by atoms with Gasteiger partial charge in [0.15, 0.2) is 0 Å². The van der Waals surface area contributed by atoms with E-state index in [1.807, 2.05) is 13.0 Å². The zero-order valence-electron chi connectivity index (χ0n) is 17.4. The first-order valence-corrected chi connectivity index (χ1v) is 9.91. The van der Waals surface area contributed by atoms with Gasteiger partial charge in [0, 0.05) is 23.3 Å². The van der Waals surface area contributed by atoms with Crippen LogP contribution in [0.25, 0.3) is 22.0 Å². The summed E-state index contributed by atoms with van der Waals surface area (Å²) in [4.78, 5) is 17.0. The topological polar surface area (TPSA) is 72.8 Å². The van der Waals surface area contributed by atoms with Crippen molar-refractivity contribution in [2.45, 2.75) is 26.3 Å². The summed E-state index contributed by atoms with van der Waals surface area (Å²) in [5.41, 5.74) is 2.60. The predicted octanol–water partition coefficient (Wildman–Crippen LogP) is 5.35. The van der Waals surface area contributed by atoms with Gasteiger partial charge in [-0.1, -0.05) is 12.1 Å². The SMILES string of the molecule is Cc1ncc([C@@H](C)Nc2ncnc3c(OCC(F)F)cc(-c4ccc(F)cc4)cc23)cn1. The van der Waals surface area contributed by atoms with Gasteiger partial charge in [0.25, 0.3) is 6.43 Å². The van der Waals surface area contributed by atoms with Crippen LogP contribution < -0.4 is 10.1 Å². The highest BCUT2D eigenvalue weighted by atomic mass is 19.3. The van der Waals surface area contributed by atoms with Crippen molar-refractivity contribution < 1.29 is 17.9 Å². The van der Waals surface area contributed by atoms with Gasteiger partial charge in [-0.3, -0.25) is 0 Å². The van der Waals surface area contributed by atoms with E-state index in [4.69, 9.17) is 4.74 Å². The van der Waals surface area contributed by atoms with Crippen LogP contribution in [-0.4, -0.2) is 33.0 Å². The second-order valence-corrected chi connectivity index (χ2v) is 7.23. The molecule has 9 heteroatoms. The molecule has 0 saturated carbocycles. The van der Waals surface area contributed by atoms with Gasteiger partial charge in [0.05, 0.1) is 6.04 Å². The number of aryl methyl sites for hydroxylation is 1. The number of anilines is 1. The van der Waals surface area contributed by atoms with Crippen LogP contribution in [0.1, 0.15) is 24.4 Å². The van der Waals surface area contributed by atoms with Crippen LogP contribution in [0.3, 0.4) is 0 Å². The van der Waals surface area contributed by atoms with Crippen molar-refractivity contribution in [2.24, 2.45) is 0 Å². The number of aromatic nitrogens is 4. The summed E-state index contributed by atoms with van der Waals surface area (Å²) in [6, 6.07) is 9.13. The Bertz CT molecular complexity index is 1220. The number of hydrogen-bond donors (Lipinski definition) is 1. The van der Waals surface area contributed by atoms with Crippen molar-refractivity contribution in [1.29, 1.82) is 0 Å². The van der Waals surface area contributed by atoms with Gasteiger partial charge < -0.3 is 10.1 Å². The fourth-order valence-electron chi connectivity index (χ4n) is 3.24. The molecule has 0 bridgehead atoms. The molecule has 0 aliphatic rings. The minimum absolute atomic E-state index is 0.186. The number of alkyl halides is 2. The predicted molar refractivity (Wildman–Crippen MR) is 115 cm³/mol. The summed E-state index contributed by atoms with van der Waals surface area (Å²) in [7, 11) is 0. The van der Waals surface area contributed by atoms with Gasteiger partial charge in [-0.25, -0.2) is 33.1 Å². The normalized spacial score (nSPS) is 12.2. The second kappa shape index (κ2) is 9.17. The summed E-state index contributed by atoms with van der Waals surface area (Å²) in [6.07, 6.45) is 2.16. The maximum Gasteiger partial charge on any atom is 0.272 e. The number of benzene rings is 2.